The number of hydrazone groups is 1. The van der Waals surface area contributed by atoms with E-state index in [-0.39, 0.29) is 5.91 Å². The molecule has 0 aliphatic carbocycles. The molecular weight excluding hydrogens is 420 g/mol. The molecule has 0 aromatic heterocycles. The third kappa shape index (κ3) is 5.83. The van der Waals surface area contributed by atoms with Crippen LogP contribution < -0.4 is 24.4 Å². The molecule has 1 N–H and O–H groups in total. The number of fused-ring (bicyclic) bond motifs is 1. The highest BCUT2D eigenvalue weighted by molar-refractivity contribution is 6.01. The predicted molar refractivity (Wildman–Crippen MR) is 125 cm³/mol. The lowest BCUT2D eigenvalue weighted by Crippen LogP contribution is -2.19. The highest BCUT2D eigenvalue weighted by Gasteiger charge is 2.13. The Morgan fingerprint density at radius 2 is 1.52 bits per heavy atom. The molecule has 0 fully saturated rings. The fourth-order valence-corrected chi connectivity index (χ4v) is 3.25. The van der Waals surface area contributed by atoms with Crippen molar-refractivity contribution in [3.8, 4) is 23.0 Å². The molecule has 0 atom stereocenters. The van der Waals surface area contributed by atoms with Crippen molar-refractivity contribution in [2.45, 2.75) is 20.5 Å². The molecular formula is C26H26N2O5. The first kappa shape index (κ1) is 22.2. The molecule has 3 aromatic carbocycles. The standard InChI is InChI=1S/C26H26N2O5/c1-3-30-22-9-11-23(12-10-22)33-17-19-4-6-20(7-5-19)26(29)28-27-18(2)21-8-13-24-25(16-21)32-15-14-31-24/h4-13,16H,3,14-15,17H2,1-2H3,(H,28,29). The van der Waals surface area contributed by atoms with Crippen LogP contribution in [0.2, 0.25) is 0 Å². The van der Waals surface area contributed by atoms with Crippen LogP contribution in [0.1, 0.15) is 35.3 Å². The summed E-state index contributed by atoms with van der Waals surface area (Å²) >= 11 is 0. The third-order valence-corrected chi connectivity index (χ3v) is 5.04. The van der Waals surface area contributed by atoms with Gasteiger partial charge in [0, 0.05) is 11.1 Å². The molecule has 0 saturated carbocycles. The van der Waals surface area contributed by atoms with E-state index >= 15 is 0 Å². The van der Waals surface area contributed by atoms with Crippen molar-refractivity contribution in [3.63, 3.8) is 0 Å². The van der Waals surface area contributed by atoms with Crippen molar-refractivity contribution in [2.24, 2.45) is 5.10 Å². The van der Waals surface area contributed by atoms with Gasteiger partial charge in [0.25, 0.3) is 5.91 Å². The number of amides is 1. The van der Waals surface area contributed by atoms with Gasteiger partial charge in [-0.3, -0.25) is 4.79 Å². The van der Waals surface area contributed by atoms with E-state index in [0.29, 0.717) is 49.2 Å². The summed E-state index contributed by atoms with van der Waals surface area (Å²) in [5.41, 5.74) is 5.59. The van der Waals surface area contributed by atoms with Gasteiger partial charge in [-0.05, 0) is 74.0 Å². The Morgan fingerprint density at radius 1 is 0.879 bits per heavy atom. The molecule has 0 spiro atoms. The maximum atomic E-state index is 12.5. The number of carbonyl (C=O) groups is 1. The lowest BCUT2D eigenvalue weighted by atomic mass is 10.1. The smallest absolute Gasteiger partial charge is 0.271 e. The van der Waals surface area contributed by atoms with Gasteiger partial charge in [-0.1, -0.05) is 12.1 Å². The van der Waals surface area contributed by atoms with Crippen molar-refractivity contribution in [1.82, 2.24) is 5.43 Å². The van der Waals surface area contributed by atoms with Crippen LogP contribution >= 0.6 is 0 Å². The number of rotatable bonds is 8. The van der Waals surface area contributed by atoms with E-state index < -0.39 is 0 Å². The van der Waals surface area contributed by atoms with E-state index in [4.69, 9.17) is 18.9 Å². The van der Waals surface area contributed by atoms with Gasteiger partial charge in [0.05, 0.1) is 12.3 Å². The number of nitrogens with zero attached hydrogens (tertiary/aromatic N) is 1. The van der Waals surface area contributed by atoms with E-state index in [1.54, 1.807) is 12.1 Å². The molecule has 0 saturated heterocycles. The summed E-state index contributed by atoms with van der Waals surface area (Å²) in [5.74, 6) is 2.68. The summed E-state index contributed by atoms with van der Waals surface area (Å²) in [5, 5.41) is 4.22. The molecule has 4 rings (SSSR count). The number of hydrogen-bond donors (Lipinski definition) is 1. The molecule has 7 heteroatoms. The lowest BCUT2D eigenvalue weighted by Gasteiger charge is -2.18. The Bertz CT molecular complexity index is 1120. The topological polar surface area (TPSA) is 78.4 Å². The second-order valence-corrected chi connectivity index (χ2v) is 7.39. The first-order valence-corrected chi connectivity index (χ1v) is 10.8. The Kier molecular flexibility index (Phi) is 7.09. The molecule has 0 unspecified atom stereocenters. The molecule has 1 aliphatic heterocycles. The minimum absolute atomic E-state index is 0.286. The number of hydrogen-bond acceptors (Lipinski definition) is 6. The summed E-state index contributed by atoms with van der Waals surface area (Å²) in [6.45, 7) is 5.86. The molecule has 3 aromatic rings. The second-order valence-electron chi connectivity index (χ2n) is 7.39. The van der Waals surface area contributed by atoms with Gasteiger partial charge in [-0.2, -0.15) is 5.10 Å². The SMILES string of the molecule is CCOc1ccc(OCc2ccc(C(=O)NN=C(C)c3ccc4c(c3)OCCO4)cc2)cc1. The molecule has 1 aliphatic rings. The average molecular weight is 447 g/mol. The van der Waals surface area contributed by atoms with Crippen molar-refractivity contribution < 1.29 is 23.7 Å². The first-order valence-electron chi connectivity index (χ1n) is 10.8. The monoisotopic (exact) mass is 446 g/mol. The molecule has 0 radical (unpaired) electrons. The van der Waals surface area contributed by atoms with Crippen molar-refractivity contribution >= 4 is 11.6 Å². The van der Waals surface area contributed by atoms with E-state index in [9.17, 15) is 4.79 Å². The molecule has 0 bridgehead atoms. The van der Waals surface area contributed by atoms with E-state index in [0.717, 1.165) is 22.6 Å². The number of ether oxygens (including phenoxy) is 4. The highest BCUT2D eigenvalue weighted by Crippen LogP contribution is 2.30. The summed E-state index contributed by atoms with van der Waals surface area (Å²) in [6, 6.07) is 20.3. The maximum Gasteiger partial charge on any atom is 0.271 e. The van der Waals surface area contributed by atoms with E-state index in [2.05, 4.69) is 10.5 Å². The zero-order chi connectivity index (χ0) is 23.0. The summed E-state index contributed by atoms with van der Waals surface area (Å²) in [4.78, 5) is 12.5. The van der Waals surface area contributed by atoms with Gasteiger partial charge in [0.15, 0.2) is 11.5 Å². The van der Waals surface area contributed by atoms with Crippen molar-refractivity contribution in [3.05, 3.63) is 83.4 Å². The first-order chi connectivity index (χ1) is 16.1. The summed E-state index contributed by atoms with van der Waals surface area (Å²) in [7, 11) is 0. The van der Waals surface area contributed by atoms with Crippen molar-refractivity contribution in [1.29, 1.82) is 0 Å². The Labute approximate surface area is 192 Å². The number of benzene rings is 3. The van der Waals surface area contributed by atoms with Gasteiger partial charge in [0.1, 0.15) is 31.3 Å². The van der Waals surface area contributed by atoms with Crippen LogP contribution in [0.4, 0.5) is 0 Å². The Morgan fingerprint density at radius 3 is 2.21 bits per heavy atom. The summed E-state index contributed by atoms with van der Waals surface area (Å²) < 4.78 is 22.4. The minimum atomic E-state index is -0.286. The Balaban J connectivity index is 1.31. The van der Waals surface area contributed by atoms with E-state index in [1.165, 1.54) is 0 Å². The van der Waals surface area contributed by atoms with E-state index in [1.807, 2.05) is 68.4 Å². The minimum Gasteiger partial charge on any atom is -0.494 e. The zero-order valence-electron chi connectivity index (χ0n) is 18.7. The quantitative estimate of drug-likeness (QED) is 0.405. The van der Waals surface area contributed by atoms with Crippen LogP contribution in [0.3, 0.4) is 0 Å². The Hall–Kier alpha value is -4.00. The normalized spacial score (nSPS) is 12.7. The summed E-state index contributed by atoms with van der Waals surface area (Å²) in [6.07, 6.45) is 0. The predicted octanol–water partition coefficient (Wildman–Crippen LogP) is 4.59. The van der Waals surface area contributed by atoms with Crippen LogP contribution in [0.25, 0.3) is 0 Å². The van der Waals surface area contributed by atoms with Crippen LogP contribution in [-0.4, -0.2) is 31.4 Å². The van der Waals surface area contributed by atoms with Crippen molar-refractivity contribution in [2.75, 3.05) is 19.8 Å². The largest absolute Gasteiger partial charge is 0.494 e. The fourth-order valence-electron chi connectivity index (χ4n) is 3.25. The maximum absolute atomic E-state index is 12.5. The molecule has 7 nitrogen and oxygen atoms in total. The number of carbonyl (C=O) groups excluding carboxylic acids is 1. The van der Waals surface area contributed by atoms with Crippen LogP contribution in [0.5, 0.6) is 23.0 Å². The second kappa shape index (κ2) is 10.5. The third-order valence-electron chi connectivity index (χ3n) is 5.04. The van der Waals surface area contributed by atoms with Crippen LogP contribution in [-0.2, 0) is 6.61 Å². The molecule has 33 heavy (non-hydrogen) atoms. The van der Waals surface area contributed by atoms with Gasteiger partial charge < -0.3 is 18.9 Å². The van der Waals surface area contributed by atoms with Gasteiger partial charge in [-0.25, -0.2) is 5.43 Å². The highest BCUT2D eigenvalue weighted by atomic mass is 16.6. The van der Waals surface area contributed by atoms with Crippen LogP contribution in [0.15, 0.2) is 71.8 Å². The molecule has 1 heterocycles. The van der Waals surface area contributed by atoms with Gasteiger partial charge in [0.2, 0.25) is 0 Å². The molecule has 1 amide bonds. The zero-order valence-corrected chi connectivity index (χ0v) is 18.7. The van der Waals surface area contributed by atoms with Crippen LogP contribution in [0, 0.1) is 0 Å². The fraction of sp³-hybridized carbons (Fsp3) is 0.231. The van der Waals surface area contributed by atoms with Gasteiger partial charge in [-0.15, -0.1) is 0 Å². The molecule has 170 valence electrons. The number of nitrogens with one attached hydrogen (secondary N) is 1. The van der Waals surface area contributed by atoms with Gasteiger partial charge >= 0.3 is 0 Å². The lowest BCUT2D eigenvalue weighted by molar-refractivity contribution is 0.0954. The average Bonchev–Trinajstić information content (AvgIpc) is 2.87.